The summed E-state index contributed by atoms with van der Waals surface area (Å²) in [5.41, 5.74) is 1.80. The Bertz CT molecular complexity index is 848. The number of aromatic carboxylic acids is 1. The first-order valence-corrected chi connectivity index (χ1v) is 7.99. The summed E-state index contributed by atoms with van der Waals surface area (Å²) in [7, 11) is 0. The molecule has 1 unspecified atom stereocenters. The maximum atomic E-state index is 11.0. The minimum Gasteiger partial charge on any atom is -1.00 e. The van der Waals surface area contributed by atoms with Crippen molar-refractivity contribution in [1.82, 2.24) is 5.32 Å². The third-order valence-electron chi connectivity index (χ3n) is 3.88. The van der Waals surface area contributed by atoms with E-state index in [0.29, 0.717) is 18.8 Å². The van der Waals surface area contributed by atoms with Gasteiger partial charge in [-0.3, -0.25) is 0 Å². The third kappa shape index (κ3) is 4.95. The molecule has 1 aromatic heterocycles. The molecule has 1 atom stereocenters. The molecule has 0 aliphatic rings. The van der Waals surface area contributed by atoms with Crippen LogP contribution in [0, 0.1) is 0 Å². The second-order valence-electron chi connectivity index (χ2n) is 5.71. The molecule has 0 bridgehead atoms. The van der Waals surface area contributed by atoms with Gasteiger partial charge >= 0.3 is 5.97 Å². The van der Waals surface area contributed by atoms with Crippen LogP contribution in [0.2, 0.25) is 0 Å². The maximum Gasteiger partial charge on any atom is 0.335 e. The fourth-order valence-corrected chi connectivity index (χ4v) is 2.56. The van der Waals surface area contributed by atoms with Crippen molar-refractivity contribution in [2.45, 2.75) is 12.6 Å². The Balaban J connectivity index is 0.00000243. The second kappa shape index (κ2) is 9.20. The molecule has 0 fully saturated rings. The largest absolute Gasteiger partial charge is 1.00 e. The molecule has 0 saturated carbocycles. The van der Waals surface area contributed by atoms with Gasteiger partial charge in [0.1, 0.15) is 11.5 Å². The number of halogens is 1. The van der Waals surface area contributed by atoms with Crippen LogP contribution >= 0.6 is 0 Å². The van der Waals surface area contributed by atoms with Crippen LogP contribution < -0.4 is 17.7 Å². The molecule has 0 amide bonds. The van der Waals surface area contributed by atoms with E-state index in [1.807, 2.05) is 48.5 Å². The van der Waals surface area contributed by atoms with Gasteiger partial charge in [0.25, 0.3) is 0 Å². The number of hydrogen-bond acceptors (Lipinski definition) is 4. The number of nitrogens with one attached hydrogen (secondary N) is 1. The molecule has 0 spiro atoms. The fraction of sp³-hybridized carbons (Fsp3) is 0.150. The number of furan rings is 1. The summed E-state index contributed by atoms with van der Waals surface area (Å²) >= 11 is 0. The molecule has 6 heteroatoms. The van der Waals surface area contributed by atoms with Gasteiger partial charge in [-0.1, -0.05) is 42.5 Å². The Morgan fingerprint density at radius 3 is 2.54 bits per heavy atom. The SMILES string of the molecule is O=C(O)c1cccc(-c2ccc(CNCC(O)c3ccccc3)o2)c1.[Cl-]. The topological polar surface area (TPSA) is 82.7 Å². The van der Waals surface area contributed by atoms with Crippen LogP contribution in [0.1, 0.15) is 27.8 Å². The number of aliphatic hydroxyl groups excluding tert-OH is 1. The Labute approximate surface area is 157 Å². The first-order chi connectivity index (χ1) is 12.1. The highest BCUT2D eigenvalue weighted by Gasteiger charge is 2.10. The van der Waals surface area contributed by atoms with Gasteiger partial charge in [0.05, 0.1) is 18.2 Å². The second-order valence-corrected chi connectivity index (χ2v) is 5.71. The lowest BCUT2D eigenvalue weighted by Gasteiger charge is -2.11. The molecule has 0 aliphatic heterocycles. The number of rotatable bonds is 7. The van der Waals surface area contributed by atoms with Crippen molar-refractivity contribution in [3.05, 3.63) is 83.6 Å². The Morgan fingerprint density at radius 1 is 1.04 bits per heavy atom. The van der Waals surface area contributed by atoms with E-state index < -0.39 is 12.1 Å². The molecule has 3 aromatic rings. The monoisotopic (exact) mass is 372 g/mol. The highest BCUT2D eigenvalue weighted by molar-refractivity contribution is 5.89. The Kier molecular flexibility index (Phi) is 6.97. The van der Waals surface area contributed by atoms with E-state index in [9.17, 15) is 9.90 Å². The predicted molar refractivity (Wildman–Crippen MR) is 94.2 cm³/mol. The zero-order chi connectivity index (χ0) is 17.6. The molecule has 2 aromatic carbocycles. The van der Waals surface area contributed by atoms with Gasteiger partial charge in [0.2, 0.25) is 0 Å². The molecule has 26 heavy (non-hydrogen) atoms. The Morgan fingerprint density at radius 2 is 1.81 bits per heavy atom. The van der Waals surface area contributed by atoms with Crippen molar-refractivity contribution in [2.24, 2.45) is 0 Å². The lowest BCUT2D eigenvalue weighted by Crippen LogP contribution is -3.00. The standard InChI is InChI=1S/C20H19NO4.ClH/c22-18(14-5-2-1-3-6-14)13-21-12-17-9-10-19(25-17)15-7-4-8-16(11-15)20(23)24;/h1-11,18,21-22H,12-13H2,(H,23,24);1H/p-1. The van der Waals surface area contributed by atoms with Crippen LogP contribution in [-0.4, -0.2) is 22.7 Å². The van der Waals surface area contributed by atoms with Crippen LogP contribution in [0.5, 0.6) is 0 Å². The molecule has 1 heterocycles. The average molecular weight is 373 g/mol. The molecule has 136 valence electrons. The highest BCUT2D eigenvalue weighted by atomic mass is 35.5. The molecule has 0 radical (unpaired) electrons. The van der Waals surface area contributed by atoms with Gasteiger partial charge in [-0.15, -0.1) is 0 Å². The molecule has 3 rings (SSSR count). The summed E-state index contributed by atoms with van der Waals surface area (Å²) in [6.07, 6.45) is -0.581. The van der Waals surface area contributed by atoms with Crippen LogP contribution in [-0.2, 0) is 6.54 Å². The van der Waals surface area contributed by atoms with Gasteiger partial charge in [-0.05, 0) is 29.8 Å². The number of carboxylic acid groups (broad SMARTS) is 1. The zero-order valence-corrected chi connectivity index (χ0v) is 14.7. The molecular weight excluding hydrogens is 354 g/mol. The summed E-state index contributed by atoms with van der Waals surface area (Å²) in [5, 5.41) is 22.3. The van der Waals surface area contributed by atoms with Crippen molar-refractivity contribution in [1.29, 1.82) is 0 Å². The number of benzene rings is 2. The van der Waals surface area contributed by atoms with E-state index >= 15 is 0 Å². The molecule has 5 nitrogen and oxygen atoms in total. The van der Waals surface area contributed by atoms with Crippen molar-refractivity contribution in [3.8, 4) is 11.3 Å². The minimum absolute atomic E-state index is 0. The lowest BCUT2D eigenvalue weighted by molar-refractivity contribution is -0.0000227. The molecule has 3 N–H and O–H groups in total. The highest BCUT2D eigenvalue weighted by Crippen LogP contribution is 2.23. The number of hydrogen-bond donors (Lipinski definition) is 3. The molecule has 0 aliphatic carbocycles. The van der Waals surface area contributed by atoms with Crippen LogP contribution in [0.25, 0.3) is 11.3 Å². The zero-order valence-electron chi connectivity index (χ0n) is 13.9. The maximum absolute atomic E-state index is 11.0. The Hall–Kier alpha value is -2.60. The van der Waals surface area contributed by atoms with E-state index in [2.05, 4.69) is 5.32 Å². The van der Waals surface area contributed by atoms with Gasteiger partial charge < -0.3 is 32.4 Å². The number of aliphatic hydroxyl groups is 1. The smallest absolute Gasteiger partial charge is 0.335 e. The first kappa shape index (κ1) is 19.7. The van der Waals surface area contributed by atoms with Crippen molar-refractivity contribution >= 4 is 5.97 Å². The lowest BCUT2D eigenvalue weighted by atomic mass is 10.1. The van der Waals surface area contributed by atoms with Gasteiger partial charge in [-0.2, -0.15) is 0 Å². The van der Waals surface area contributed by atoms with E-state index in [0.717, 1.165) is 16.9 Å². The summed E-state index contributed by atoms with van der Waals surface area (Å²) in [4.78, 5) is 11.0. The van der Waals surface area contributed by atoms with Crippen LogP contribution in [0.3, 0.4) is 0 Å². The predicted octanol–water partition coefficient (Wildman–Crippen LogP) is 0.472. The van der Waals surface area contributed by atoms with E-state index in [4.69, 9.17) is 9.52 Å². The summed E-state index contributed by atoms with van der Waals surface area (Å²) in [6.45, 7) is 0.886. The van der Waals surface area contributed by atoms with E-state index in [1.54, 1.807) is 18.2 Å². The van der Waals surface area contributed by atoms with Gasteiger partial charge in [0, 0.05) is 12.1 Å². The summed E-state index contributed by atoms with van der Waals surface area (Å²) in [6, 6.07) is 19.7. The van der Waals surface area contributed by atoms with Crippen molar-refractivity contribution in [3.63, 3.8) is 0 Å². The van der Waals surface area contributed by atoms with E-state index in [1.165, 1.54) is 0 Å². The number of carboxylic acids is 1. The minimum atomic E-state index is -0.967. The molecule has 0 saturated heterocycles. The quantitative estimate of drug-likeness (QED) is 0.561. The fourth-order valence-electron chi connectivity index (χ4n) is 2.56. The normalized spacial score (nSPS) is 11.6. The van der Waals surface area contributed by atoms with Crippen molar-refractivity contribution in [2.75, 3.05) is 6.54 Å². The van der Waals surface area contributed by atoms with Crippen molar-refractivity contribution < 1.29 is 31.8 Å². The average Bonchev–Trinajstić information content (AvgIpc) is 3.11. The van der Waals surface area contributed by atoms with Crippen LogP contribution in [0.4, 0.5) is 0 Å². The summed E-state index contributed by atoms with van der Waals surface area (Å²) < 4.78 is 5.75. The summed E-state index contributed by atoms with van der Waals surface area (Å²) in [5.74, 6) is 0.365. The third-order valence-corrected chi connectivity index (χ3v) is 3.88. The first-order valence-electron chi connectivity index (χ1n) is 7.99. The van der Waals surface area contributed by atoms with E-state index in [-0.39, 0.29) is 18.0 Å². The van der Waals surface area contributed by atoms with Gasteiger partial charge in [0.15, 0.2) is 0 Å². The van der Waals surface area contributed by atoms with Gasteiger partial charge in [-0.25, -0.2) is 4.79 Å². The molecular formula is C20H19ClNO4-. The number of carbonyl (C=O) groups is 1. The van der Waals surface area contributed by atoms with Crippen LogP contribution in [0.15, 0.2) is 71.1 Å².